The third-order valence-corrected chi connectivity index (χ3v) is 3.36. The Labute approximate surface area is 105 Å². The number of rotatable bonds is 3. The van der Waals surface area contributed by atoms with Gasteiger partial charge in [0.15, 0.2) is 0 Å². The molecule has 0 saturated carbocycles. The number of nitrogens with zero attached hydrogens (tertiary/aromatic N) is 1. The van der Waals surface area contributed by atoms with Crippen LogP contribution in [0.3, 0.4) is 0 Å². The van der Waals surface area contributed by atoms with Gasteiger partial charge >= 0.3 is 0 Å². The molecule has 17 heavy (non-hydrogen) atoms. The summed E-state index contributed by atoms with van der Waals surface area (Å²) in [6.45, 7) is 2.32. The molecule has 2 heterocycles. The van der Waals surface area contributed by atoms with E-state index in [1.165, 1.54) is 6.26 Å². The molecule has 4 nitrogen and oxygen atoms in total. The fraction of sp³-hybridized carbons (Fsp3) is 0.583. The molecule has 1 aromatic heterocycles. The number of amides is 1. The van der Waals surface area contributed by atoms with E-state index in [1.807, 2.05) is 0 Å². The second kappa shape index (κ2) is 5.56. The number of halogens is 1. The summed E-state index contributed by atoms with van der Waals surface area (Å²) in [7, 11) is 1.79. The standard InChI is InChI=1S/C12H16ClNO3/c1-14(8-9-2-5-16-6-3-9)12(15)10-4-7-17-11(10)13/h4,7,9H,2-3,5-6,8H2,1H3. The van der Waals surface area contributed by atoms with E-state index < -0.39 is 0 Å². The fourth-order valence-electron chi connectivity index (χ4n) is 2.05. The maximum atomic E-state index is 12.1. The van der Waals surface area contributed by atoms with Gasteiger partial charge in [-0.1, -0.05) is 0 Å². The van der Waals surface area contributed by atoms with Crippen molar-refractivity contribution in [2.45, 2.75) is 12.8 Å². The molecule has 0 unspecified atom stereocenters. The SMILES string of the molecule is CN(CC1CCOCC1)C(=O)c1ccoc1Cl. The van der Waals surface area contributed by atoms with Crippen LogP contribution in [0.2, 0.25) is 5.22 Å². The lowest BCUT2D eigenvalue weighted by atomic mass is 10.00. The maximum absolute atomic E-state index is 12.1. The van der Waals surface area contributed by atoms with Gasteiger partial charge in [-0.2, -0.15) is 0 Å². The fourth-order valence-corrected chi connectivity index (χ4v) is 2.25. The number of carbonyl (C=O) groups is 1. The first-order valence-corrected chi connectivity index (χ1v) is 6.12. The van der Waals surface area contributed by atoms with E-state index >= 15 is 0 Å². The number of carbonyl (C=O) groups excluding carboxylic acids is 1. The van der Waals surface area contributed by atoms with Crippen molar-refractivity contribution in [3.63, 3.8) is 0 Å². The van der Waals surface area contributed by atoms with Crippen LogP contribution in [-0.4, -0.2) is 37.6 Å². The number of hydrogen-bond donors (Lipinski definition) is 0. The number of furan rings is 1. The minimum absolute atomic E-state index is 0.0877. The molecule has 0 N–H and O–H groups in total. The van der Waals surface area contributed by atoms with E-state index in [9.17, 15) is 4.79 Å². The van der Waals surface area contributed by atoms with Crippen LogP contribution in [0.5, 0.6) is 0 Å². The van der Waals surface area contributed by atoms with E-state index in [4.69, 9.17) is 20.8 Å². The molecule has 1 fully saturated rings. The molecule has 1 aliphatic heterocycles. The topological polar surface area (TPSA) is 42.7 Å². The van der Waals surface area contributed by atoms with Gasteiger partial charge in [-0.3, -0.25) is 4.79 Å². The predicted molar refractivity (Wildman–Crippen MR) is 64.2 cm³/mol. The first-order valence-electron chi connectivity index (χ1n) is 5.74. The Morgan fingerprint density at radius 1 is 1.53 bits per heavy atom. The van der Waals surface area contributed by atoms with Gasteiger partial charge in [-0.25, -0.2) is 0 Å². The van der Waals surface area contributed by atoms with E-state index in [-0.39, 0.29) is 11.1 Å². The maximum Gasteiger partial charge on any atom is 0.258 e. The van der Waals surface area contributed by atoms with Gasteiger partial charge in [0.2, 0.25) is 5.22 Å². The third kappa shape index (κ3) is 3.01. The van der Waals surface area contributed by atoms with Gasteiger partial charge in [0.25, 0.3) is 5.91 Å². The minimum atomic E-state index is -0.0877. The molecule has 0 atom stereocenters. The van der Waals surface area contributed by atoms with Crippen LogP contribution in [-0.2, 0) is 4.74 Å². The van der Waals surface area contributed by atoms with Crippen molar-refractivity contribution in [2.24, 2.45) is 5.92 Å². The minimum Gasteiger partial charge on any atom is -0.452 e. The molecule has 2 rings (SSSR count). The largest absolute Gasteiger partial charge is 0.452 e. The van der Waals surface area contributed by atoms with Gasteiger partial charge in [0.1, 0.15) is 0 Å². The monoisotopic (exact) mass is 257 g/mol. The van der Waals surface area contributed by atoms with Gasteiger partial charge in [-0.05, 0) is 36.4 Å². The molecular weight excluding hydrogens is 242 g/mol. The highest BCUT2D eigenvalue weighted by Crippen LogP contribution is 2.20. The Balaban J connectivity index is 1.93. The lowest BCUT2D eigenvalue weighted by molar-refractivity contribution is 0.0497. The van der Waals surface area contributed by atoms with Crippen LogP contribution in [0.15, 0.2) is 16.7 Å². The van der Waals surface area contributed by atoms with Crippen LogP contribution < -0.4 is 0 Å². The molecule has 0 aliphatic carbocycles. The summed E-state index contributed by atoms with van der Waals surface area (Å²) in [6.07, 6.45) is 3.45. The zero-order valence-corrected chi connectivity index (χ0v) is 10.6. The second-order valence-electron chi connectivity index (χ2n) is 4.35. The summed E-state index contributed by atoms with van der Waals surface area (Å²) < 4.78 is 10.2. The van der Waals surface area contributed by atoms with Gasteiger partial charge in [0, 0.05) is 26.8 Å². The van der Waals surface area contributed by atoms with Crippen molar-refractivity contribution < 1.29 is 13.9 Å². The van der Waals surface area contributed by atoms with Crippen molar-refractivity contribution in [1.29, 1.82) is 0 Å². The molecule has 1 amide bonds. The summed E-state index contributed by atoms with van der Waals surface area (Å²) in [5.74, 6) is 0.429. The third-order valence-electron chi connectivity index (χ3n) is 3.07. The first kappa shape index (κ1) is 12.5. The Kier molecular flexibility index (Phi) is 4.07. The zero-order chi connectivity index (χ0) is 12.3. The van der Waals surface area contributed by atoms with Crippen LogP contribution in [0.4, 0.5) is 0 Å². The van der Waals surface area contributed by atoms with Crippen LogP contribution in [0.25, 0.3) is 0 Å². The highest BCUT2D eigenvalue weighted by atomic mass is 35.5. The lowest BCUT2D eigenvalue weighted by Crippen LogP contribution is -2.34. The molecule has 94 valence electrons. The van der Waals surface area contributed by atoms with E-state index in [0.29, 0.717) is 11.5 Å². The van der Waals surface area contributed by atoms with E-state index in [0.717, 1.165) is 32.6 Å². The quantitative estimate of drug-likeness (QED) is 0.835. The lowest BCUT2D eigenvalue weighted by Gasteiger charge is -2.26. The van der Waals surface area contributed by atoms with Crippen LogP contribution in [0, 0.1) is 5.92 Å². The van der Waals surface area contributed by atoms with Crippen molar-refractivity contribution in [3.8, 4) is 0 Å². The Hall–Kier alpha value is -1.00. The molecule has 0 aromatic carbocycles. The van der Waals surface area contributed by atoms with Crippen molar-refractivity contribution in [1.82, 2.24) is 4.90 Å². The normalized spacial score (nSPS) is 17.1. The number of ether oxygens (including phenoxy) is 1. The summed E-state index contributed by atoms with van der Waals surface area (Å²) >= 11 is 5.79. The van der Waals surface area contributed by atoms with Gasteiger partial charge in [-0.15, -0.1) is 0 Å². The highest BCUT2D eigenvalue weighted by molar-refractivity contribution is 6.32. The van der Waals surface area contributed by atoms with Gasteiger partial charge < -0.3 is 14.1 Å². The van der Waals surface area contributed by atoms with E-state index in [1.54, 1.807) is 18.0 Å². The molecule has 1 aromatic rings. The molecule has 1 saturated heterocycles. The second-order valence-corrected chi connectivity index (χ2v) is 4.69. The highest BCUT2D eigenvalue weighted by Gasteiger charge is 2.21. The summed E-state index contributed by atoms with van der Waals surface area (Å²) in [6, 6.07) is 1.60. The molecular formula is C12H16ClNO3. The Morgan fingerprint density at radius 3 is 2.82 bits per heavy atom. The molecule has 0 radical (unpaired) electrons. The van der Waals surface area contributed by atoms with Crippen LogP contribution >= 0.6 is 11.6 Å². The molecule has 0 spiro atoms. The Bertz CT molecular complexity index is 385. The van der Waals surface area contributed by atoms with Crippen molar-refractivity contribution in [2.75, 3.05) is 26.8 Å². The number of hydrogen-bond acceptors (Lipinski definition) is 3. The first-order chi connectivity index (χ1) is 8.18. The summed E-state index contributed by atoms with van der Waals surface area (Å²) in [4.78, 5) is 13.8. The van der Waals surface area contributed by atoms with Gasteiger partial charge in [0.05, 0.1) is 11.8 Å². The van der Waals surface area contributed by atoms with Crippen molar-refractivity contribution >= 4 is 17.5 Å². The smallest absolute Gasteiger partial charge is 0.258 e. The molecule has 5 heteroatoms. The average Bonchev–Trinajstić information content (AvgIpc) is 2.76. The molecule has 0 bridgehead atoms. The van der Waals surface area contributed by atoms with Crippen LogP contribution in [0.1, 0.15) is 23.2 Å². The predicted octanol–water partition coefficient (Wildman–Crippen LogP) is 2.43. The molecule has 1 aliphatic rings. The van der Waals surface area contributed by atoms with Crippen molar-refractivity contribution in [3.05, 3.63) is 23.1 Å². The average molecular weight is 258 g/mol. The summed E-state index contributed by atoms with van der Waals surface area (Å²) in [5, 5.41) is 0.161. The van der Waals surface area contributed by atoms with E-state index in [2.05, 4.69) is 0 Å². The summed E-state index contributed by atoms with van der Waals surface area (Å²) in [5.41, 5.74) is 0.432. The Morgan fingerprint density at radius 2 is 2.24 bits per heavy atom. The zero-order valence-electron chi connectivity index (χ0n) is 9.82.